The SMILES string of the molecule is CCNS(=O)(=O)c1ccc(C)c(C(=O)Nc2ccc3c(c2)OC(C)(C)O3)c1. The van der Waals surface area contributed by atoms with E-state index in [9.17, 15) is 13.2 Å². The van der Waals surface area contributed by atoms with Gasteiger partial charge in [-0.15, -0.1) is 0 Å². The molecule has 0 atom stereocenters. The van der Waals surface area contributed by atoms with Crippen molar-refractivity contribution in [3.05, 3.63) is 47.5 Å². The fourth-order valence-electron chi connectivity index (χ4n) is 2.79. The van der Waals surface area contributed by atoms with Crippen LogP contribution in [0, 0.1) is 6.92 Å². The molecule has 1 heterocycles. The zero-order valence-electron chi connectivity index (χ0n) is 15.6. The minimum absolute atomic E-state index is 0.0486. The summed E-state index contributed by atoms with van der Waals surface area (Å²) in [5.41, 5.74) is 1.48. The summed E-state index contributed by atoms with van der Waals surface area (Å²) >= 11 is 0. The van der Waals surface area contributed by atoms with Gasteiger partial charge in [-0.2, -0.15) is 0 Å². The maximum atomic E-state index is 12.7. The van der Waals surface area contributed by atoms with Gasteiger partial charge >= 0.3 is 0 Å². The lowest BCUT2D eigenvalue weighted by Gasteiger charge is -2.16. The molecule has 144 valence electrons. The van der Waals surface area contributed by atoms with Gasteiger partial charge in [-0.1, -0.05) is 13.0 Å². The number of hydrogen-bond acceptors (Lipinski definition) is 5. The predicted molar refractivity (Wildman–Crippen MR) is 102 cm³/mol. The highest BCUT2D eigenvalue weighted by molar-refractivity contribution is 7.89. The Morgan fingerprint density at radius 1 is 1.07 bits per heavy atom. The Morgan fingerprint density at radius 3 is 2.48 bits per heavy atom. The number of nitrogens with one attached hydrogen (secondary N) is 2. The molecule has 1 amide bonds. The van der Waals surface area contributed by atoms with Crippen LogP contribution in [0.15, 0.2) is 41.3 Å². The first-order valence-electron chi connectivity index (χ1n) is 8.55. The third kappa shape index (κ3) is 4.06. The molecule has 0 saturated carbocycles. The van der Waals surface area contributed by atoms with Crippen molar-refractivity contribution in [2.45, 2.75) is 38.4 Å². The number of rotatable bonds is 5. The van der Waals surface area contributed by atoms with E-state index >= 15 is 0 Å². The molecule has 3 rings (SSSR count). The fourth-order valence-corrected chi connectivity index (χ4v) is 3.85. The van der Waals surface area contributed by atoms with Crippen molar-refractivity contribution in [2.24, 2.45) is 0 Å². The molecule has 27 heavy (non-hydrogen) atoms. The maximum Gasteiger partial charge on any atom is 0.255 e. The third-order valence-corrected chi connectivity index (χ3v) is 5.55. The lowest BCUT2D eigenvalue weighted by atomic mass is 10.1. The summed E-state index contributed by atoms with van der Waals surface area (Å²) in [5.74, 6) is -0.0126. The second kappa shape index (κ2) is 6.86. The van der Waals surface area contributed by atoms with Gasteiger partial charge in [0.1, 0.15) is 0 Å². The highest BCUT2D eigenvalue weighted by atomic mass is 32.2. The molecule has 0 unspecified atom stereocenters. The van der Waals surface area contributed by atoms with E-state index in [0.717, 1.165) is 0 Å². The van der Waals surface area contributed by atoms with Crippen molar-refractivity contribution < 1.29 is 22.7 Å². The van der Waals surface area contributed by atoms with Gasteiger partial charge < -0.3 is 14.8 Å². The van der Waals surface area contributed by atoms with E-state index in [2.05, 4.69) is 10.0 Å². The summed E-state index contributed by atoms with van der Waals surface area (Å²) in [4.78, 5) is 12.7. The second-order valence-corrected chi connectivity index (χ2v) is 8.46. The molecule has 0 radical (unpaired) electrons. The number of benzene rings is 2. The van der Waals surface area contributed by atoms with Gasteiger partial charge in [-0.3, -0.25) is 4.79 Å². The number of amides is 1. The molecule has 1 aliphatic rings. The Hall–Kier alpha value is -2.58. The van der Waals surface area contributed by atoms with Gasteiger partial charge in [0.25, 0.3) is 5.91 Å². The zero-order chi connectivity index (χ0) is 19.8. The number of carbonyl (C=O) groups is 1. The van der Waals surface area contributed by atoms with Crippen LogP contribution in [0.5, 0.6) is 11.5 Å². The number of carbonyl (C=O) groups excluding carboxylic acids is 1. The standard InChI is InChI=1S/C19H22N2O5S/c1-5-20-27(23,24)14-8-6-12(2)15(11-14)18(22)21-13-7-9-16-17(10-13)26-19(3,4)25-16/h6-11,20H,5H2,1-4H3,(H,21,22). The van der Waals surface area contributed by atoms with Crippen LogP contribution in [0.3, 0.4) is 0 Å². The molecule has 0 fully saturated rings. The van der Waals surface area contributed by atoms with Crippen molar-refractivity contribution in [3.8, 4) is 11.5 Å². The van der Waals surface area contributed by atoms with E-state index in [0.29, 0.717) is 22.7 Å². The van der Waals surface area contributed by atoms with E-state index in [-0.39, 0.29) is 17.0 Å². The largest absolute Gasteiger partial charge is 0.449 e. The Balaban J connectivity index is 1.85. The van der Waals surface area contributed by atoms with Crippen LogP contribution in [0.1, 0.15) is 36.7 Å². The number of sulfonamides is 1. The molecule has 8 heteroatoms. The van der Waals surface area contributed by atoms with Crippen molar-refractivity contribution in [3.63, 3.8) is 0 Å². The number of ether oxygens (including phenoxy) is 2. The number of fused-ring (bicyclic) bond motifs is 1. The average Bonchev–Trinajstić information content (AvgIpc) is 2.88. The van der Waals surface area contributed by atoms with Crippen molar-refractivity contribution in [2.75, 3.05) is 11.9 Å². The molecule has 0 saturated heterocycles. The third-order valence-electron chi connectivity index (χ3n) is 4.01. The van der Waals surface area contributed by atoms with Crippen molar-refractivity contribution in [1.29, 1.82) is 0 Å². The summed E-state index contributed by atoms with van der Waals surface area (Å²) in [5, 5.41) is 2.78. The maximum absolute atomic E-state index is 12.7. The molecule has 7 nitrogen and oxygen atoms in total. The topological polar surface area (TPSA) is 93.7 Å². The van der Waals surface area contributed by atoms with E-state index in [4.69, 9.17) is 9.47 Å². The van der Waals surface area contributed by atoms with Crippen LogP contribution in [0.2, 0.25) is 0 Å². The summed E-state index contributed by atoms with van der Waals surface area (Å²) in [7, 11) is -3.64. The fraction of sp³-hybridized carbons (Fsp3) is 0.316. The molecule has 0 bridgehead atoms. The molecule has 2 aromatic rings. The second-order valence-electron chi connectivity index (χ2n) is 6.70. The molecular weight excluding hydrogens is 368 g/mol. The number of aryl methyl sites for hydroxylation is 1. The van der Waals surface area contributed by atoms with E-state index in [1.807, 2.05) is 0 Å². The Morgan fingerprint density at radius 2 is 1.78 bits per heavy atom. The molecule has 2 N–H and O–H groups in total. The first-order valence-corrected chi connectivity index (χ1v) is 10.0. The molecular formula is C19H22N2O5S. The minimum Gasteiger partial charge on any atom is -0.449 e. The lowest BCUT2D eigenvalue weighted by molar-refractivity contribution is -0.0431. The molecule has 1 aliphatic heterocycles. The van der Waals surface area contributed by atoms with Gasteiger partial charge in [-0.05, 0) is 36.8 Å². The highest BCUT2D eigenvalue weighted by Crippen LogP contribution is 2.40. The van der Waals surface area contributed by atoms with Crippen LogP contribution < -0.4 is 19.5 Å². The first kappa shape index (κ1) is 19.2. The van der Waals surface area contributed by atoms with E-state index in [1.165, 1.54) is 12.1 Å². The minimum atomic E-state index is -3.64. The van der Waals surface area contributed by atoms with Gasteiger partial charge in [-0.25, -0.2) is 13.1 Å². The Labute approximate surface area is 158 Å². The molecule has 0 spiro atoms. The number of hydrogen-bond donors (Lipinski definition) is 2. The van der Waals surface area contributed by atoms with Crippen LogP contribution in [0.25, 0.3) is 0 Å². The van der Waals surface area contributed by atoms with Crippen LogP contribution in [0.4, 0.5) is 5.69 Å². The normalized spacial score (nSPS) is 14.8. The van der Waals surface area contributed by atoms with Crippen LogP contribution in [-0.4, -0.2) is 26.7 Å². The number of anilines is 1. The highest BCUT2D eigenvalue weighted by Gasteiger charge is 2.31. The molecule has 0 aromatic heterocycles. The Bertz CT molecular complexity index is 999. The Kier molecular flexibility index (Phi) is 4.88. The van der Waals surface area contributed by atoms with Gasteiger partial charge in [0, 0.05) is 37.7 Å². The van der Waals surface area contributed by atoms with Gasteiger partial charge in [0.2, 0.25) is 15.8 Å². The summed E-state index contributed by atoms with van der Waals surface area (Å²) < 4.78 is 38.1. The van der Waals surface area contributed by atoms with Crippen molar-refractivity contribution in [1.82, 2.24) is 4.72 Å². The summed E-state index contributed by atoms with van der Waals surface area (Å²) in [6.07, 6.45) is 0. The lowest BCUT2D eigenvalue weighted by Crippen LogP contribution is -2.29. The molecule has 2 aromatic carbocycles. The van der Waals surface area contributed by atoms with Crippen LogP contribution >= 0.6 is 0 Å². The zero-order valence-corrected chi connectivity index (χ0v) is 16.4. The summed E-state index contributed by atoms with van der Waals surface area (Å²) in [6, 6.07) is 9.57. The van der Waals surface area contributed by atoms with E-state index < -0.39 is 21.7 Å². The first-order chi connectivity index (χ1) is 12.6. The van der Waals surface area contributed by atoms with Gasteiger partial charge in [0.05, 0.1) is 4.90 Å². The summed E-state index contributed by atoms with van der Waals surface area (Å²) in [6.45, 7) is 7.31. The van der Waals surface area contributed by atoms with Gasteiger partial charge in [0.15, 0.2) is 11.5 Å². The quantitative estimate of drug-likeness (QED) is 0.818. The average molecular weight is 390 g/mol. The predicted octanol–water partition coefficient (Wildman–Crippen LogP) is 3.05. The van der Waals surface area contributed by atoms with Crippen molar-refractivity contribution >= 4 is 21.6 Å². The molecule has 0 aliphatic carbocycles. The van der Waals surface area contributed by atoms with E-state index in [1.54, 1.807) is 52.0 Å². The monoisotopic (exact) mass is 390 g/mol. The van der Waals surface area contributed by atoms with Crippen LogP contribution in [-0.2, 0) is 10.0 Å². The smallest absolute Gasteiger partial charge is 0.255 e.